The van der Waals surface area contributed by atoms with E-state index in [9.17, 15) is 9.18 Å². The van der Waals surface area contributed by atoms with Crippen LogP contribution in [0.2, 0.25) is 0 Å². The molecule has 5 N–H and O–H groups in total. The highest BCUT2D eigenvalue weighted by Gasteiger charge is 2.26. The van der Waals surface area contributed by atoms with E-state index in [4.69, 9.17) is 11.5 Å². The van der Waals surface area contributed by atoms with Crippen molar-refractivity contribution in [2.24, 2.45) is 11.5 Å². The number of H-pyrrole nitrogens is 1. The van der Waals surface area contributed by atoms with Crippen molar-refractivity contribution >= 4 is 22.5 Å². The fourth-order valence-electron chi connectivity index (χ4n) is 3.32. The molecule has 1 atom stereocenters. The molecule has 1 amide bonds. The molecule has 2 heterocycles. The van der Waals surface area contributed by atoms with Gasteiger partial charge in [-0.2, -0.15) is 0 Å². The molecule has 0 aliphatic carbocycles. The minimum Gasteiger partial charge on any atom is -0.367 e. The van der Waals surface area contributed by atoms with E-state index in [1.54, 1.807) is 0 Å². The molecule has 5 nitrogen and oxygen atoms in total. The van der Waals surface area contributed by atoms with Crippen molar-refractivity contribution in [3.05, 3.63) is 28.7 Å². The second-order valence-corrected chi connectivity index (χ2v) is 6.09. The number of hydrogen-bond donors (Lipinski definition) is 3. The van der Waals surface area contributed by atoms with Crippen molar-refractivity contribution in [1.82, 2.24) is 4.98 Å². The van der Waals surface area contributed by atoms with Crippen molar-refractivity contribution in [3.8, 4) is 0 Å². The van der Waals surface area contributed by atoms with E-state index in [1.807, 2.05) is 32.6 Å². The van der Waals surface area contributed by atoms with Crippen LogP contribution in [0.5, 0.6) is 0 Å². The average molecular weight is 334 g/mol. The van der Waals surface area contributed by atoms with Gasteiger partial charge in [0.2, 0.25) is 0 Å². The highest BCUT2D eigenvalue weighted by atomic mass is 19.1. The van der Waals surface area contributed by atoms with Crippen LogP contribution in [-0.4, -0.2) is 30.0 Å². The molecule has 0 saturated carbocycles. The third-order valence-electron chi connectivity index (χ3n) is 4.54. The number of rotatable bonds is 2. The summed E-state index contributed by atoms with van der Waals surface area (Å²) in [7, 11) is 0. The van der Waals surface area contributed by atoms with Crippen LogP contribution in [-0.2, 0) is 0 Å². The van der Waals surface area contributed by atoms with Gasteiger partial charge in [0, 0.05) is 30.2 Å². The summed E-state index contributed by atoms with van der Waals surface area (Å²) in [6.07, 6.45) is 1.88. The first-order valence-electron chi connectivity index (χ1n) is 8.52. The molecule has 1 saturated heterocycles. The number of piperidine rings is 1. The molecule has 0 bridgehead atoms. The fraction of sp³-hybridized carbons (Fsp3) is 0.500. The van der Waals surface area contributed by atoms with Crippen molar-refractivity contribution in [2.75, 3.05) is 18.0 Å². The first-order chi connectivity index (χ1) is 11.4. The smallest absolute Gasteiger partial charge is 0.250 e. The number of aryl methyl sites for hydroxylation is 2. The third kappa shape index (κ3) is 3.11. The molecular formula is C18H27FN4O. The molecule has 1 aromatic carbocycles. The first-order valence-corrected chi connectivity index (χ1v) is 8.52. The standard InChI is InChI=1S/C16H21FN4O.C2H6/c1-8-9(2)20-14-11(16(19)22)6-12(17)15(13(8)14)21-5-3-4-10(18)7-21;1-2/h6,10,20H,3-5,7,18H2,1-2H3,(H2,19,22);1-2H3/t10-;/m0./s1. The highest BCUT2D eigenvalue weighted by Crippen LogP contribution is 2.37. The number of fused-ring (bicyclic) bond motifs is 1. The Morgan fingerprint density at radius 2 is 2.04 bits per heavy atom. The van der Waals surface area contributed by atoms with Crippen LogP contribution in [0, 0.1) is 19.7 Å². The number of hydrogen-bond acceptors (Lipinski definition) is 3. The Balaban J connectivity index is 0.00000100. The molecule has 1 aliphatic heterocycles. The number of primary amides is 1. The van der Waals surface area contributed by atoms with Crippen LogP contribution < -0.4 is 16.4 Å². The number of halogens is 1. The lowest BCUT2D eigenvalue weighted by Crippen LogP contribution is -2.43. The number of nitrogens with zero attached hydrogens (tertiary/aromatic N) is 1. The van der Waals surface area contributed by atoms with Crippen molar-refractivity contribution in [1.29, 1.82) is 0 Å². The van der Waals surface area contributed by atoms with Gasteiger partial charge in [-0.05, 0) is 38.3 Å². The average Bonchev–Trinajstić information content (AvgIpc) is 2.84. The van der Waals surface area contributed by atoms with Crippen LogP contribution >= 0.6 is 0 Å². The number of carbonyl (C=O) groups is 1. The summed E-state index contributed by atoms with van der Waals surface area (Å²) in [4.78, 5) is 16.8. The van der Waals surface area contributed by atoms with E-state index >= 15 is 0 Å². The zero-order chi connectivity index (χ0) is 18.0. The topological polar surface area (TPSA) is 88.1 Å². The molecule has 1 aliphatic rings. The molecule has 132 valence electrons. The lowest BCUT2D eigenvalue weighted by Gasteiger charge is -2.33. The van der Waals surface area contributed by atoms with Gasteiger partial charge in [-0.1, -0.05) is 13.8 Å². The number of carbonyl (C=O) groups excluding carboxylic acids is 1. The van der Waals surface area contributed by atoms with Gasteiger partial charge in [0.05, 0.1) is 16.8 Å². The van der Waals surface area contributed by atoms with Crippen molar-refractivity contribution in [2.45, 2.75) is 46.6 Å². The molecule has 24 heavy (non-hydrogen) atoms. The molecule has 0 radical (unpaired) electrons. The summed E-state index contributed by atoms with van der Waals surface area (Å²) in [6.45, 7) is 9.21. The van der Waals surface area contributed by atoms with E-state index in [1.165, 1.54) is 6.07 Å². The minimum atomic E-state index is -0.632. The summed E-state index contributed by atoms with van der Waals surface area (Å²) < 4.78 is 14.7. The lowest BCUT2D eigenvalue weighted by molar-refractivity contribution is 0.100. The van der Waals surface area contributed by atoms with Crippen LogP contribution in [0.15, 0.2) is 6.07 Å². The Kier molecular flexibility index (Phi) is 5.49. The van der Waals surface area contributed by atoms with Gasteiger partial charge >= 0.3 is 0 Å². The number of nitrogens with one attached hydrogen (secondary N) is 1. The van der Waals surface area contributed by atoms with E-state index < -0.39 is 11.7 Å². The van der Waals surface area contributed by atoms with Gasteiger partial charge in [0.25, 0.3) is 5.91 Å². The normalized spacial score (nSPS) is 17.6. The highest BCUT2D eigenvalue weighted by molar-refractivity contribution is 6.10. The fourth-order valence-corrected chi connectivity index (χ4v) is 3.32. The molecule has 0 unspecified atom stereocenters. The second-order valence-electron chi connectivity index (χ2n) is 6.09. The van der Waals surface area contributed by atoms with Crippen LogP contribution in [0.4, 0.5) is 10.1 Å². The molecule has 6 heteroatoms. The second kappa shape index (κ2) is 7.21. The third-order valence-corrected chi connectivity index (χ3v) is 4.54. The monoisotopic (exact) mass is 334 g/mol. The molecule has 2 aromatic rings. The van der Waals surface area contributed by atoms with E-state index in [0.29, 0.717) is 17.7 Å². The van der Waals surface area contributed by atoms with Crippen molar-refractivity contribution < 1.29 is 9.18 Å². The Morgan fingerprint density at radius 3 is 2.62 bits per heavy atom. The molecule has 0 spiro atoms. The summed E-state index contributed by atoms with van der Waals surface area (Å²) in [5.41, 5.74) is 14.6. The summed E-state index contributed by atoms with van der Waals surface area (Å²) >= 11 is 0. The van der Waals surface area contributed by atoms with E-state index in [2.05, 4.69) is 4.98 Å². The van der Waals surface area contributed by atoms with Gasteiger partial charge in [0.1, 0.15) is 5.82 Å². The molecule has 3 rings (SSSR count). The molecule has 1 fully saturated rings. The van der Waals surface area contributed by atoms with Crippen LogP contribution in [0.3, 0.4) is 0 Å². The Hall–Kier alpha value is -2.08. The SMILES string of the molecule is CC.Cc1[nH]c2c(C(N)=O)cc(F)c(N3CCC[C@H](N)C3)c2c1C. The Bertz CT molecular complexity index is 753. The zero-order valence-electron chi connectivity index (χ0n) is 14.9. The zero-order valence-corrected chi connectivity index (χ0v) is 14.9. The number of benzene rings is 1. The number of anilines is 1. The van der Waals surface area contributed by atoms with Crippen molar-refractivity contribution in [3.63, 3.8) is 0 Å². The summed E-state index contributed by atoms with van der Waals surface area (Å²) in [5.74, 6) is -1.05. The number of aromatic amines is 1. The van der Waals surface area contributed by atoms with Crippen LogP contribution in [0.1, 0.15) is 48.3 Å². The number of aromatic nitrogens is 1. The van der Waals surface area contributed by atoms with Gasteiger partial charge in [0.15, 0.2) is 0 Å². The summed E-state index contributed by atoms with van der Waals surface area (Å²) in [5, 5.41) is 0.736. The lowest BCUT2D eigenvalue weighted by atomic mass is 10.0. The maximum atomic E-state index is 14.7. The maximum Gasteiger partial charge on any atom is 0.250 e. The minimum absolute atomic E-state index is 0.0411. The Morgan fingerprint density at radius 1 is 1.38 bits per heavy atom. The molecule has 1 aromatic heterocycles. The summed E-state index contributed by atoms with van der Waals surface area (Å²) in [6, 6.07) is 1.27. The van der Waals surface area contributed by atoms with E-state index in [0.717, 1.165) is 36.0 Å². The first kappa shape index (κ1) is 18.3. The number of amides is 1. The van der Waals surface area contributed by atoms with Crippen LogP contribution in [0.25, 0.3) is 10.9 Å². The predicted octanol–water partition coefficient (Wildman–Crippen LogP) is 2.98. The van der Waals surface area contributed by atoms with E-state index in [-0.39, 0.29) is 11.6 Å². The van der Waals surface area contributed by atoms with Gasteiger partial charge in [-0.25, -0.2) is 4.39 Å². The van der Waals surface area contributed by atoms with Gasteiger partial charge in [-0.15, -0.1) is 0 Å². The number of nitrogens with two attached hydrogens (primary N) is 2. The quantitative estimate of drug-likeness (QED) is 0.789. The Labute approximate surface area is 142 Å². The largest absolute Gasteiger partial charge is 0.367 e. The molecular weight excluding hydrogens is 307 g/mol. The predicted molar refractivity (Wildman–Crippen MR) is 97.0 cm³/mol. The maximum absolute atomic E-state index is 14.7. The van der Waals surface area contributed by atoms with Gasteiger partial charge < -0.3 is 21.4 Å². The van der Waals surface area contributed by atoms with Gasteiger partial charge in [-0.3, -0.25) is 4.79 Å².